The van der Waals surface area contributed by atoms with Crippen LogP contribution in [0.5, 0.6) is 0 Å². The summed E-state index contributed by atoms with van der Waals surface area (Å²) in [4.78, 5) is 31.4. The summed E-state index contributed by atoms with van der Waals surface area (Å²) >= 11 is 6.47. The van der Waals surface area contributed by atoms with Crippen molar-refractivity contribution in [1.82, 2.24) is 9.80 Å². The van der Waals surface area contributed by atoms with Crippen LogP contribution in [0.25, 0.3) is 0 Å². The number of aliphatic hydroxyl groups excluding tert-OH is 1. The first-order valence-corrected chi connectivity index (χ1v) is 10.5. The highest BCUT2D eigenvalue weighted by Crippen LogP contribution is 2.41. The van der Waals surface area contributed by atoms with Gasteiger partial charge in [0.1, 0.15) is 0 Å². The van der Waals surface area contributed by atoms with Gasteiger partial charge in [-0.15, -0.1) is 0 Å². The number of carbonyl (C=O) groups excluding carboxylic acids is 2. The summed E-state index contributed by atoms with van der Waals surface area (Å²) in [5.41, 5.74) is 1.06. The molecule has 0 radical (unpaired) electrons. The molecule has 4 rings (SSSR count). The number of β-amino-alcohol motifs (C(OH)–C–C–N with tert-alkyl or cyclic N) is 1. The number of likely N-dealkylation sites (N-methyl/N-ethyl adjacent to an activating group) is 1. The Kier molecular flexibility index (Phi) is 5.27. The first-order chi connectivity index (χ1) is 13.4. The Labute approximate surface area is 171 Å². The van der Waals surface area contributed by atoms with Gasteiger partial charge in [0, 0.05) is 45.3 Å². The van der Waals surface area contributed by atoms with Crippen LogP contribution >= 0.6 is 11.6 Å². The third kappa shape index (κ3) is 3.48. The van der Waals surface area contributed by atoms with Gasteiger partial charge in [-0.1, -0.05) is 11.6 Å². The summed E-state index contributed by atoms with van der Waals surface area (Å²) in [7, 11) is 1.74. The van der Waals surface area contributed by atoms with E-state index >= 15 is 0 Å². The zero-order valence-electron chi connectivity index (χ0n) is 16.4. The van der Waals surface area contributed by atoms with Gasteiger partial charge in [-0.25, -0.2) is 0 Å². The van der Waals surface area contributed by atoms with E-state index < -0.39 is 11.5 Å². The van der Waals surface area contributed by atoms with Gasteiger partial charge in [-0.3, -0.25) is 9.59 Å². The number of benzene rings is 1. The SMILES string of the molecule is CN1CC(O)CC2(CCN(C(=O)c3ccc(N4CCCC4)c(Cl)c3)CC2)C1=O. The second-order valence-corrected chi connectivity index (χ2v) is 8.88. The summed E-state index contributed by atoms with van der Waals surface area (Å²) in [6.45, 7) is 3.46. The predicted molar refractivity (Wildman–Crippen MR) is 109 cm³/mol. The number of hydrogen-bond donors (Lipinski definition) is 1. The van der Waals surface area contributed by atoms with Crippen LogP contribution < -0.4 is 4.90 Å². The van der Waals surface area contributed by atoms with Crippen molar-refractivity contribution in [2.45, 2.75) is 38.2 Å². The zero-order valence-corrected chi connectivity index (χ0v) is 17.1. The fraction of sp³-hybridized carbons (Fsp3) is 0.619. The molecule has 152 valence electrons. The van der Waals surface area contributed by atoms with Crippen LogP contribution in [0.3, 0.4) is 0 Å². The van der Waals surface area contributed by atoms with Crippen molar-refractivity contribution in [2.24, 2.45) is 5.41 Å². The maximum Gasteiger partial charge on any atom is 0.253 e. The standard InChI is InChI=1S/C21H28ClN3O3/c1-23-14-16(26)13-21(20(23)28)6-10-25(11-7-21)19(27)15-4-5-18(17(22)12-15)24-8-2-3-9-24/h4-5,12,16,26H,2-3,6-11,13-14H2,1H3. The second kappa shape index (κ2) is 7.56. The van der Waals surface area contributed by atoms with E-state index in [1.807, 2.05) is 12.1 Å². The van der Waals surface area contributed by atoms with E-state index in [0.29, 0.717) is 49.5 Å². The Hall–Kier alpha value is -1.79. The Morgan fingerprint density at radius 2 is 1.86 bits per heavy atom. The van der Waals surface area contributed by atoms with Crippen molar-refractivity contribution in [3.63, 3.8) is 0 Å². The Morgan fingerprint density at radius 1 is 1.18 bits per heavy atom. The first kappa shape index (κ1) is 19.5. The van der Waals surface area contributed by atoms with Crippen LogP contribution in [-0.2, 0) is 4.79 Å². The van der Waals surface area contributed by atoms with Crippen LogP contribution in [0.15, 0.2) is 18.2 Å². The largest absolute Gasteiger partial charge is 0.391 e. The smallest absolute Gasteiger partial charge is 0.253 e. The van der Waals surface area contributed by atoms with Crippen LogP contribution in [0.2, 0.25) is 5.02 Å². The molecular weight excluding hydrogens is 378 g/mol. The lowest BCUT2D eigenvalue weighted by atomic mass is 9.71. The van der Waals surface area contributed by atoms with E-state index in [1.165, 1.54) is 12.8 Å². The van der Waals surface area contributed by atoms with Crippen molar-refractivity contribution in [2.75, 3.05) is 44.7 Å². The summed E-state index contributed by atoms with van der Waals surface area (Å²) in [6.07, 6.45) is 3.55. The van der Waals surface area contributed by atoms with Gasteiger partial charge in [0.15, 0.2) is 0 Å². The molecule has 1 aromatic carbocycles. The minimum atomic E-state index is -0.527. The number of nitrogens with zero attached hydrogens (tertiary/aromatic N) is 3. The third-order valence-corrected chi connectivity index (χ3v) is 6.86. The number of rotatable bonds is 2. The lowest BCUT2D eigenvalue weighted by Crippen LogP contribution is -2.56. The number of halogens is 1. The molecule has 7 heteroatoms. The normalized spacial score (nSPS) is 24.9. The summed E-state index contributed by atoms with van der Waals surface area (Å²) < 4.78 is 0. The summed E-state index contributed by atoms with van der Waals surface area (Å²) in [5, 5.41) is 10.7. The van der Waals surface area contributed by atoms with Gasteiger partial charge in [0.25, 0.3) is 5.91 Å². The second-order valence-electron chi connectivity index (χ2n) is 8.48. The van der Waals surface area contributed by atoms with Gasteiger partial charge >= 0.3 is 0 Å². The molecule has 6 nitrogen and oxygen atoms in total. The van der Waals surface area contributed by atoms with Crippen LogP contribution in [-0.4, -0.2) is 72.6 Å². The molecule has 3 saturated heterocycles. The number of amides is 2. The molecule has 1 aromatic rings. The molecule has 0 aromatic heterocycles. The molecule has 0 saturated carbocycles. The van der Waals surface area contributed by atoms with E-state index in [1.54, 1.807) is 22.9 Å². The fourth-order valence-electron chi connectivity index (χ4n) is 5.00. The van der Waals surface area contributed by atoms with Gasteiger partial charge in [-0.05, 0) is 50.3 Å². The lowest BCUT2D eigenvalue weighted by Gasteiger charge is -2.47. The average molecular weight is 406 g/mol. The van der Waals surface area contributed by atoms with Crippen molar-refractivity contribution < 1.29 is 14.7 Å². The predicted octanol–water partition coefficient (Wildman–Crippen LogP) is 2.39. The number of anilines is 1. The fourth-order valence-corrected chi connectivity index (χ4v) is 5.30. The molecule has 1 spiro atoms. The number of likely N-dealkylation sites (tertiary alicyclic amines) is 2. The molecule has 3 heterocycles. The highest BCUT2D eigenvalue weighted by Gasteiger charge is 2.48. The minimum absolute atomic E-state index is 0.0399. The van der Waals surface area contributed by atoms with Gasteiger partial charge in [0.05, 0.1) is 22.2 Å². The quantitative estimate of drug-likeness (QED) is 0.820. The molecule has 0 bridgehead atoms. The molecule has 3 aliphatic rings. The Balaban J connectivity index is 1.44. The maximum absolute atomic E-state index is 13.0. The van der Waals surface area contributed by atoms with Gasteiger partial charge in [-0.2, -0.15) is 0 Å². The molecule has 28 heavy (non-hydrogen) atoms. The monoisotopic (exact) mass is 405 g/mol. The molecule has 1 atom stereocenters. The third-order valence-electron chi connectivity index (χ3n) is 6.56. The number of carbonyl (C=O) groups is 2. The number of hydrogen-bond acceptors (Lipinski definition) is 4. The van der Waals surface area contributed by atoms with Crippen molar-refractivity contribution in [1.29, 1.82) is 0 Å². The highest BCUT2D eigenvalue weighted by atomic mass is 35.5. The number of piperidine rings is 2. The zero-order chi connectivity index (χ0) is 19.9. The van der Waals surface area contributed by atoms with Crippen molar-refractivity contribution in [3.8, 4) is 0 Å². The molecular formula is C21H28ClN3O3. The molecule has 1 unspecified atom stereocenters. The van der Waals surface area contributed by atoms with E-state index in [-0.39, 0.29) is 11.8 Å². The molecule has 2 amide bonds. The molecule has 3 aliphatic heterocycles. The van der Waals surface area contributed by atoms with Crippen LogP contribution in [0.1, 0.15) is 42.5 Å². The van der Waals surface area contributed by atoms with Crippen molar-refractivity contribution >= 4 is 29.1 Å². The molecule has 1 N–H and O–H groups in total. The van der Waals surface area contributed by atoms with Gasteiger partial charge in [0.2, 0.25) is 5.91 Å². The number of aliphatic hydroxyl groups is 1. The van der Waals surface area contributed by atoms with Crippen LogP contribution in [0.4, 0.5) is 5.69 Å². The minimum Gasteiger partial charge on any atom is -0.391 e. The Bertz CT molecular complexity index is 770. The topological polar surface area (TPSA) is 64.1 Å². The summed E-state index contributed by atoms with van der Waals surface area (Å²) in [5.74, 6) is 0.0600. The average Bonchev–Trinajstić information content (AvgIpc) is 3.20. The Morgan fingerprint density at radius 3 is 2.50 bits per heavy atom. The van der Waals surface area contributed by atoms with E-state index in [4.69, 9.17) is 11.6 Å². The maximum atomic E-state index is 13.0. The van der Waals surface area contributed by atoms with E-state index in [2.05, 4.69) is 4.90 Å². The highest BCUT2D eigenvalue weighted by molar-refractivity contribution is 6.33. The van der Waals surface area contributed by atoms with Crippen LogP contribution in [0, 0.1) is 5.41 Å². The molecule has 0 aliphatic carbocycles. The molecule has 3 fully saturated rings. The lowest BCUT2D eigenvalue weighted by molar-refractivity contribution is -0.154. The van der Waals surface area contributed by atoms with E-state index in [0.717, 1.165) is 18.8 Å². The first-order valence-electron chi connectivity index (χ1n) is 10.2. The van der Waals surface area contributed by atoms with E-state index in [9.17, 15) is 14.7 Å². The summed E-state index contributed by atoms with van der Waals surface area (Å²) in [6, 6.07) is 5.57. The van der Waals surface area contributed by atoms with Gasteiger partial charge < -0.3 is 19.8 Å². The van der Waals surface area contributed by atoms with Crippen molar-refractivity contribution in [3.05, 3.63) is 28.8 Å².